The van der Waals surface area contributed by atoms with Crippen molar-refractivity contribution < 1.29 is 4.79 Å². The van der Waals surface area contributed by atoms with E-state index in [0.717, 1.165) is 19.4 Å². The Morgan fingerprint density at radius 3 is 3.00 bits per heavy atom. The number of hydrogen-bond acceptors (Lipinski definition) is 5. The van der Waals surface area contributed by atoms with E-state index in [0.29, 0.717) is 16.3 Å². The van der Waals surface area contributed by atoms with Gasteiger partial charge in [0.15, 0.2) is 0 Å². The second kappa shape index (κ2) is 7.72. The molecule has 1 amide bonds. The zero-order chi connectivity index (χ0) is 15.5. The van der Waals surface area contributed by atoms with Crippen LogP contribution in [-0.4, -0.2) is 44.7 Å². The summed E-state index contributed by atoms with van der Waals surface area (Å²) in [6.45, 7) is 3.06. The first kappa shape index (κ1) is 17.7. The van der Waals surface area contributed by atoms with Crippen molar-refractivity contribution in [3.8, 4) is 5.69 Å². The van der Waals surface area contributed by atoms with Gasteiger partial charge < -0.3 is 10.6 Å². The quantitative estimate of drug-likeness (QED) is 0.872. The third kappa shape index (κ3) is 3.99. The van der Waals surface area contributed by atoms with Crippen LogP contribution in [0.1, 0.15) is 30.1 Å². The normalized spacial score (nSPS) is 20.6. The van der Waals surface area contributed by atoms with Crippen LogP contribution in [0.15, 0.2) is 24.5 Å². The number of benzene rings is 1. The molecule has 0 saturated carbocycles. The third-order valence-corrected chi connectivity index (χ3v) is 4.11. The van der Waals surface area contributed by atoms with Gasteiger partial charge >= 0.3 is 0 Å². The maximum atomic E-state index is 12.6. The van der Waals surface area contributed by atoms with Gasteiger partial charge in [0.1, 0.15) is 6.33 Å². The Morgan fingerprint density at radius 1 is 1.48 bits per heavy atom. The molecule has 9 heteroatoms. The first-order valence-electron chi connectivity index (χ1n) is 7.22. The summed E-state index contributed by atoms with van der Waals surface area (Å²) >= 11 is 6.04. The van der Waals surface area contributed by atoms with Crippen LogP contribution >= 0.6 is 24.0 Å². The van der Waals surface area contributed by atoms with Crippen molar-refractivity contribution in [2.75, 3.05) is 6.54 Å². The molecule has 2 unspecified atom stereocenters. The van der Waals surface area contributed by atoms with Crippen molar-refractivity contribution in [3.05, 3.63) is 35.1 Å². The monoisotopic (exact) mass is 356 g/mol. The molecule has 0 radical (unpaired) electrons. The average molecular weight is 357 g/mol. The minimum Gasteiger partial charge on any atom is -0.348 e. The SMILES string of the molecule is CC1NCCCC1NC(=O)c1cc(Cl)ccc1-n1cnnn1.Cl. The highest BCUT2D eigenvalue weighted by atomic mass is 35.5. The van der Waals surface area contributed by atoms with Crippen LogP contribution in [-0.2, 0) is 0 Å². The minimum atomic E-state index is -0.173. The molecule has 2 heterocycles. The average Bonchev–Trinajstić information content (AvgIpc) is 3.03. The summed E-state index contributed by atoms with van der Waals surface area (Å²) < 4.78 is 1.45. The molecule has 23 heavy (non-hydrogen) atoms. The van der Waals surface area contributed by atoms with Crippen molar-refractivity contribution in [3.63, 3.8) is 0 Å². The number of piperidine rings is 1. The Morgan fingerprint density at radius 2 is 2.30 bits per heavy atom. The van der Waals surface area contributed by atoms with Crippen LogP contribution in [0, 0.1) is 0 Å². The van der Waals surface area contributed by atoms with Crippen molar-refractivity contribution in [1.29, 1.82) is 0 Å². The van der Waals surface area contributed by atoms with E-state index >= 15 is 0 Å². The number of rotatable bonds is 3. The van der Waals surface area contributed by atoms with E-state index in [1.807, 2.05) is 0 Å². The van der Waals surface area contributed by atoms with Gasteiger partial charge in [-0.05, 0) is 54.9 Å². The molecule has 0 aliphatic carbocycles. The summed E-state index contributed by atoms with van der Waals surface area (Å²) in [6, 6.07) is 5.42. The molecule has 1 aliphatic heterocycles. The molecule has 1 saturated heterocycles. The number of carbonyl (C=O) groups excluding carboxylic acids is 1. The fraction of sp³-hybridized carbons (Fsp3) is 0.429. The lowest BCUT2D eigenvalue weighted by Gasteiger charge is -2.30. The Hall–Kier alpha value is -1.70. The van der Waals surface area contributed by atoms with Gasteiger partial charge in [-0.25, -0.2) is 0 Å². The van der Waals surface area contributed by atoms with Crippen molar-refractivity contribution in [1.82, 2.24) is 30.8 Å². The summed E-state index contributed by atoms with van der Waals surface area (Å²) in [4.78, 5) is 12.6. The van der Waals surface area contributed by atoms with Crippen LogP contribution in [0.5, 0.6) is 0 Å². The number of hydrogen-bond donors (Lipinski definition) is 2. The summed E-state index contributed by atoms with van der Waals surface area (Å²) in [7, 11) is 0. The predicted molar refractivity (Wildman–Crippen MR) is 89.4 cm³/mol. The molecule has 0 bridgehead atoms. The zero-order valence-electron chi connectivity index (χ0n) is 12.6. The van der Waals surface area contributed by atoms with Crippen LogP contribution in [0.2, 0.25) is 5.02 Å². The lowest BCUT2D eigenvalue weighted by atomic mass is 9.99. The third-order valence-electron chi connectivity index (χ3n) is 3.88. The lowest BCUT2D eigenvalue weighted by Crippen LogP contribution is -2.52. The summed E-state index contributed by atoms with van der Waals surface area (Å²) in [5, 5.41) is 18.0. The number of carbonyl (C=O) groups is 1. The van der Waals surface area contributed by atoms with Crippen LogP contribution in [0.3, 0.4) is 0 Å². The smallest absolute Gasteiger partial charge is 0.253 e. The van der Waals surface area contributed by atoms with Gasteiger partial charge in [0.25, 0.3) is 5.91 Å². The van der Waals surface area contributed by atoms with Gasteiger partial charge in [-0.15, -0.1) is 17.5 Å². The second-order valence-electron chi connectivity index (χ2n) is 5.38. The molecule has 2 atom stereocenters. The topological polar surface area (TPSA) is 84.7 Å². The van der Waals surface area contributed by atoms with Gasteiger partial charge in [-0.3, -0.25) is 4.79 Å². The molecule has 7 nitrogen and oxygen atoms in total. The Labute approximate surface area is 145 Å². The van der Waals surface area contributed by atoms with Gasteiger partial charge in [0.05, 0.1) is 11.3 Å². The second-order valence-corrected chi connectivity index (χ2v) is 5.82. The Kier molecular flexibility index (Phi) is 5.92. The zero-order valence-corrected chi connectivity index (χ0v) is 14.1. The van der Waals surface area contributed by atoms with Crippen molar-refractivity contribution >= 4 is 29.9 Å². The Balaban J connectivity index is 0.00000192. The number of aromatic nitrogens is 4. The number of nitrogens with zero attached hydrogens (tertiary/aromatic N) is 4. The number of amides is 1. The van der Waals surface area contributed by atoms with E-state index in [1.165, 1.54) is 11.0 Å². The predicted octanol–water partition coefficient (Wildman–Crippen LogP) is 1.61. The molecule has 124 valence electrons. The fourth-order valence-electron chi connectivity index (χ4n) is 2.65. The fourth-order valence-corrected chi connectivity index (χ4v) is 2.82. The first-order valence-corrected chi connectivity index (χ1v) is 7.60. The van der Waals surface area contributed by atoms with Crippen LogP contribution in [0.25, 0.3) is 5.69 Å². The summed E-state index contributed by atoms with van der Waals surface area (Å²) in [6.07, 6.45) is 3.45. The highest BCUT2D eigenvalue weighted by Gasteiger charge is 2.24. The largest absolute Gasteiger partial charge is 0.348 e. The maximum absolute atomic E-state index is 12.6. The van der Waals surface area contributed by atoms with Gasteiger partial charge in [-0.1, -0.05) is 11.6 Å². The van der Waals surface area contributed by atoms with E-state index in [9.17, 15) is 4.79 Å². The molecule has 1 aromatic heterocycles. The van der Waals surface area contributed by atoms with Crippen LogP contribution < -0.4 is 10.6 Å². The number of nitrogens with one attached hydrogen (secondary N) is 2. The van der Waals surface area contributed by atoms with E-state index in [1.54, 1.807) is 18.2 Å². The molecular formula is C14H18Cl2N6O. The van der Waals surface area contributed by atoms with Crippen LogP contribution in [0.4, 0.5) is 0 Å². The minimum absolute atomic E-state index is 0. The van der Waals surface area contributed by atoms with Gasteiger partial charge in [0.2, 0.25) is 0 Å². The molecule has 1 fully saturated rings. The highest BCUT2D eigenvalue weighted by molar-refractivity contribution is 6.31. The molecule has 0 spiro atoms. The van der Waals surface area contributed by atoms with E-state index in [4.69, 9.17) is 11.6 Å². The van der Waals surface area contributed by atoms with E-state index < -0.39 is 0 Å². The van der Waals surface area contributed by atoms with Gasteiger partial charge in [0, 0.05) is 17.1 Å². The summed E-state index contributed by atoms with van der Waals surface area (Å²) in [5.74, 6) is -0.173. The first-order chi connectivity index (χ1) is 10.6. The molecule has 2 N–H and O–H groups in total. The summed E-state index contributed by atoms with van der Waals surface area (Å²) in [5.41, 5.74) is 1.06. The maximum Gasteiger partial charge on any atom is 0.253 e. The number of halogens is 2. The standard InChI is InChI=1S/C14H17ClN6O.ClH/c1-9-12(3-2-6-16-9)18-14(22)11-7-10(15)4-5-13(11)21-8-17-19-20-21;/h4-5,7-9,12,16H,2-3,6H2,1H3,(H,18,22);1H. The molecule has 3 rings (SSSR count). The van der Waals surface area contributed by atoms with Crippen molar-refractivity contribution in [2.24, 2.45) is 0 Å². The molecule has 1 aromatic carbocycles. The molecular weight excluding hydrogens is 339 g/mol. The molecule has 1 aliphatic rings. The van der Waals surface area contributed by atoms with Gasteiger partial charge in [-0.2, -0.15) is 4.68 Å². The van der Waals surface area contributed by atoms with E-state index in [-0.39, 0.29) is 30.4 Å². The highest BCUT2D eigenvalue weighted by Crippen LogP contribution is 2.20. The Bertz CT molecular complexity index is 663. The van der Waals surface area contributed by atoms with Crippen molar-refractivity contribution in [2.45, 2.75) is 31.8 Å². The molecule has 2 aromatic rings. The lowest BCUT2D eigenvalue weighted by molar-refractivity contribution is 0.0919. The number of tetrazole rings is 1. The van der Waals surface area contributed by atoms with E-state index in [2.05, 4.69) is 33.1 Å².